The summed E-state index contributed by atoms with van der Waals surface area (Å²) in [5, 5.41) is 9.41. The maximum Gasteiger partial charge on any atom is 0.220 e. The van der Waals surface area contributed by atoms with Crippen LogP contribution in [-0.2, 0) is 17.8 Å². The van der Waals surface area contributed by atoms with Crippen molar-refractivity contribution < 1.29 is 9.53 Å². The first kappa shape index (κ1) is 23.8. The lowest BCUT2D eigenvalue weighted by Gasteiger charge is -2.14. The number of rotatable bonds is 8. The topological polar surface area (TPSA) is 69.0 Å². The van der Waals surface area contributed by atoms with Gasteiger partial charge in [0.1, 0.15) is 0 Å². The summed E-state index contributed by atoms with van der Waals surface area (Å²) in [4.78, 5) is 17.5. The van der Waals surface area contributed by atoms with Gasteiger partial charge in [-0.15, -0.1) is 0 Å². The zero-order valence-electron chi connectivity index (χ0n) is 20.0. The van der Waals surface area contributed by atoms with E-state index in [9.17, 15) is 4.79 Å². The third-order valence-corrected chi connectivity index (χ3v) is 6.07. The van der Waals surface area contributed by atoms with Crippen LogP contribution in [0.5, 0.6) is 5.88 Å². The summed E-state index contributed by atoms with van der Waals surface area (Å²) >= 11 is 6.03. The van der Waals surface area contributed by atoms with Crippen molar-refractivity contribution in [1.82, 2.24) is 20.1 Å². The van der Waals surface area contributed by atoms with Crippen LogP contribution in [-0.4, -0.2) is 27.3 Å². The Labute approximate surface area is 204 Å². The van der Waals surface area contributed by atoms with E-state index in [2.05, 4.69) is 31.3 Å². The molecule has 0 radical (unpaired) electrons. The van der Waals surface area contributed by atoms with Crippen LogP contribution in [0.3, 0.4) is 0 Å². The lowest BCUT2D eigenvalue weighted by atomic mass is 10.0. The van der Waals surface area contributed by atoms with Gasteiger partial charge in [-0.3, -0.25) is 4.79 Å². The van der Waals surface area contributed by atoms with Crippen LogP contribution in [0.4, 0.5) is 0 Å². The molecule has 176 valence electrons. The zero-order valence-corrected chi connectivity index (χ0v) is 20.7. The van der Waals surface area contributed by atoms with Crippen LogP contribution in [0.1, 0.15) is 41.3 Å². The number of amides is 1. The van der Waals surface area contributed by atoms with Gasteiger partial charge in [0.15, 0.2) is 5.65 Å². The van der Waals surface area contributed by atoms with Crippen molar-refractivity contribution in [2.24, 2.45) is 0 Å². The molecule has 0 saturated carbocycles. The Bertz CT molecular complexity index is 1350. The van der Waals surface area contributed by atoms with Crippen molar-refractivity contribution in [2.45, 2.75) is 47.1 Å². The molecule has 0 atom stereocenters. The Morgan fingerprint density at radius 3 is 2.65 bits per heavy atom. The summed E-state index contributed by atoms with van der Waals surface area (Å²) in [6.45, 7) is 8.97. The van der Waals surface area contributed by atoms with Crippen molar-refractivity contribution >= 4 is 28.5 Å². The third kappa shape index (κ3) is 5.07. The molecule has 0 aliphatic carbocycles. The number of nitrogens with one attached hydrogen (secondary N) is 1. The highest BCUT2D eigenvalue weighted by Gasteiger charge is 2.20. The lowest BCUT2D eigenvalue weighted by Crippen LogP contribution is -2.23. The molecule has 0 bridgehead atoms. The highest BCUT2D eigenvalue weighted by atomic mass is 35.5. The van der Waals surface area contributed by atoms with Crippen molar-refractivity contribution in [3.63, 3.8) is 0 Å². The average Bonchev–Trinajstić information content (AvgIpc) is 3.14. The molecule has 2 aromatic carbocycles. The fourth-order valence-electron chi connectivity index (χ4n) is 4.20. The average molecular weight is 477 g/mol. The van der Waals surface area contributed by atoms with Gasteiger partial charge in [0.05, 0.1) is 18.0 Å². The minimum absolute atomic E-state index is 0.0332. The number of benzene rings is 2. The number of hydrogen-bond acceptors (Lipinski definition) is 4. The number of halogens is 1. The summed E-state index contributed by atoms with van der Waals surface area (Å²) in [6, 6.07) is 15.7. The van der Waals surface area contributed by atoms with E-state index in [0.29, 0.717) is 36.9 Å². The smallest absolute Gasteiger partial charge is 0.220 e. The van der Waals surface area contributed by atoms with Gasteiger partial charge in [0.2, 0.25) is 11.8 Å². The molecule has 0 unspecified atom stereocenters. The molecule has 2 aromatic heterocycles. The van der Waals surface area contributed by atoms with Gasteiger partial charge in [-0.05, 0) is 75.1 Å². The Morgan fingerprint density at radius 1 is 1.12 bits per heavy atom. The number of nitrogens with zero attached hydrogens (tertiary/aromatic N) is 3. The first-order chi connectivity index (χ1) is 16.4. The second-order valence-electron chi connectivity index (χ2n) is 8.39. The van der Waals surface area contributed by atoms with E-state index in [0.717, 1.165) is 44.7 Å². The van der Waals surface area contributed by atoms with Crippen molar-refractivity contribution in [3.05, 3.63) is 81.5 Å². The Kier molecular flexibility index (Phi) is 7.17. The van der Waals surface area contributed by atoms with Crippen molar-refractivity contribution in [2.75, 3.05) is 6.61 Å². The van der Waals surface area contributed by atoms with E-state index < -0.39 is 0 Å². The van der Waals surface area contributed by atoms with Gasteiger partial charge >= 0.3 is 0 Å². The molecular weight excluding hydrogens is 448 g/mol. The maximum atomic E-state index is 12.6. The Balaban J connectivity index is 1.60. The monoisotopic (exact) mass is 476 g/mol. The van der Waals surface area contributed by atoms with Crippen LogP contribution >= 0.6 is 11.6 Å². The highest BCUT2D eigenvalue weighted by Crippen LogP contribution is 2.32. The molecule has 1 amide bonds. The van der Waals surface area contributed by atoms with E-state index in [1.54, 1.807) is 0 Å². The molecule has 1 N–H and O–H groups in total. The second kappa shape index (κ2) is 10.3. The summed E-state index contributed by atoms with van der Waals surface area (Å²) in [5.41, 5.74) is 6.73. The Hall–Kier alpha value is -3.38. The quantitative estimate of drug-likeness (QED) is 0.357. The molecule has 0 aliphatic heterocycles. The highest BCUT2D eigenvalue weighted by molar-refractivity contribution is 6.30. The molecule has 0 spiro atoms. The molecule has 6 nitrogen and oxygen atoms in total. The van der Waals surface area contributed by atoms with E-state index in [-0.39, 0.29) is 5.91 Å². The van der Waals surface area contributed by atoms with Gasteiger partial charge in [0, 0.05) is 28.9 Å². The standard InChI is InChI=1S/C27H29ClN4O2/c1-5-34-27-23(12-13-24(33)29-16-20-9-7-10-21(28)15-20)18(3)25-19(4)31-32(26(25)30-27)22-11-6-8-17(2)14-22/h6-11,14-15H,5,12-13,16H2,1-4H3,(H,29,33). The predicted octanol–water partition coefficient (Wildman–Crippen LogP) is 5.65. The van der Waals surface area contributed by atoms with E-state index in [1.807, 2.05) is 54.9 Å². The van der Waals surface area contributed by atoms with Crippen LogP contribution in [0, 0.1) is 20.8 Å². The number of carbonyl (C=O) groups excluding carboxylic acids is 1. The largest absolute Gasteiger partial charge is 0.478 e. The molecule has 4 rings (SSSR count). The molecule has 34 heavy (non-hydrogen) atoms. The van der Waals surface area contributed by atoms with Crippen LogP contribution in [0.25, 0.3) is 16.7 Å². The number of pyridine rings is 1. The summed E-state index contributed by atoms with van der Waals surface area (Å²) in [6.07, 6.45) is 0.861. The number of hydrogen-bond donors (Lipinski definition) is 1. The van der Waals surface area contributed by atoms with Gasteiger partial charge < -0.3 is 10.1 Å². The first-order valence-corrected chi connectivity index (χ1v) is 11.8. The number of carbonyl (C=O) groups is 1. The fraction of sp³-hybridized carbons (Fsp3) is 0.296. The molecule has 2 heterocycles. The summed E-state index contributed by atoms with van der Waals surface area (Å²) in [5.74, 6) is 0.526. The van der Waals surface area contributed by atoms with E-state index >= 15 is 0 Å². The van der Waals surface area contributed by atoms with E-state index in [1.165, 1.54) is 0 Å². The van der Waals surface area contributed by atoms with Crippen molar-refractivity contribution in [1.29, 1.82) is 0 Å². The maximum absolute atomic E-state index is 12.6. The molecule has 0 saturated heterocycles. The van der Waals surface area contributed by atoms with Gasteiger partial charge in [-0.1, -0.05) is 35.9 Å². The molecule has 0 fully saturated rings. The SMILES string of the molecule is CCOc1nc2c(c(C)nn2-c2cccc(C)c2)c(C)c1CCC(=O)NCc1cccc(Cl)c1. The van der Waals surface area contributed by atoms with Crippen LogP contribution in [0.15, 0.2) is 48.5 Å². The predicted molar refractivity (Wildman–Crippen MR) is 136 cm³/mol. The number of ether oxygens (including phenoxy) is 1. The third-order valence-electron chi connectivity index (χ3n) is 5.84. The molecule has 7 heteroatoms. The number of aromatic nitrogens is 3. The van der Waals surface area contributed by atoms with E-state index in [4.69, 9.17) is 26.4 Å². The fourth-order valence-corrected chi connectivity index (χ4v) is 4.41. The second-order valence-corrected chi connectivity index (χ2v) is 8.83. The lowest BCUT2D eigenvalue weighted by molar-refractivity contribution is -0.121. The summed E-state index contributed by atoms with van der Waals surface area (Å²) in [7, 11) is 0. The Morgan fingerprint density at radius 2 is 1.91 bits per heavy atom. The minimum atomic E-state index is -0.0332. The molecule has 4 aromatic rings. The first-order valence-electron chi connectivity index (χ1n) is 11.5. The minimum Gasteiger partial charge on any atom is -0.478 e. The molecule has 0 aliphatic rings. The zero-order chi connectivity index (χ0) is 24.2. The van der Waals surface area contributed by atoms with Gasteiger partial charge in [-0.2, -0.15) is 10.1 Å². The number of fused-ring (bicyclic) bond motifs is 1. The normalized spacial score (nSPS) is 11.1. The van der Waals surface area contributed by atoms with Crippen LogP contribution < -0.4 is 10.1 Å². The molecular formula is C27H29ClN4O2. The van der Waals surface area contributed by atoms with Crippen molar-refractivity contribution in [3.8, 4) is 11.6 Å². The van der Waals surface area contributed by atoms with Crippen LogP contribution in [0.2, 0.25) is 5.02 Å². The van der Waals surface area contributed by atoms with Gasteiger partial charge in [0.25, 0.3) is 0 Å². The summed E-state index contributed by atoms with van der Waals surface area (Å²) < 4.78 is 7.80. The van der Waals surface area contributed by atoms with Gasteiger partial charge in [-0.25, -0.2) is 4.68 Å². The number of aryl methyl sites for hydroxylation is 3.